The van der Waals surface area contributed by atoms with Crippen LogP contribution in [0.3, 0.4) is 0 Å². The maximum atomic E-state index is 10.7. The molecule has 60 valence electrons. The van der Waals surface area contributed by atoms with Crippen LogP contribution in [0.15, 0.2) is 0 Å². The van der Waals surface area contributed by atoms with Crippen LogP contribution in [0.4, 0.5) is 0 Å². The van der Waals surface area contributed by atoms with Crippen LogP contribution in [0, 0.1) is 0 Å². The quantitative estimate of drug-likeness (QED) is 0.539. The molecular formula is C7H15NO2. The highest BCUT2D eigenvalue weighted by Gasteiger charge is 2.05. The molecule has 0 spiro atoms. The topological polar surface area (TPSA) is 29.5 Å². The van der Waals surface area contributed by atoms with Gasteiger partial charge in [0.05, 0.1) is 13.7 Å². The molecule has 3 heteroatoms. The molecule has 0 aliphatic carbocycles. The largest absolute Gasteiger partial charge is 0.468 e. The third kappa shape index (κ3) is 3.45. The van der Waals surface area contributed by atoms with Gasteiger partial charge >= 0.3 is 5.97 Å². The number of likely N-dealkylation sites (N-methyl/N-ethyl adjacent to an activating group) is 1. The number of nitrogens with zero attached hydrogens (tertiary/aromatic N) is 1. The summed E-state index contributed by atoms with van der Waals surface area (Å²) in [6.45, 7) is 6.24. The van der Waals surface area contributed by atoms with Gasteiger partial charge in [0.1, 0.15) is 0 Å². The van der Waals surface area contributed by atoms with Crippen molar-refractivity contribution in [2.45, 2.75) is 13.8 Å². The number of methoxy groups -OCH3 is 1. The SMILES string of the molecule is CCN(CC)CC(=O)OC. The van der Waals surface area contributed by atoms with E-state index in [2.05, 4.69) is 4.74 Å². The first-order valence-corrected chi connectivity index (χ1v) is 3.53. The third-order valence-electron chi connectivity index (χ3n) is 1.47. The van der Waals surface area contributed by atoms with Gasteiger partial charge in [-0.15, -0.1) is 0 Å². The molecule has 0 aromatic rings. The highest BCUT2D eigenvalue weighted by Crippen LogP contribution is 1.86. The summed E-state index contributed by atoms with van der Waals surface area (Å²) in [5.41, 5.74) is 0. The minimum Gasteiger partial charge on any atom is -0.468 e. The van der Waals surface area contributed by atoms with E-state index in [1.54, 1.807) is 0 Å². The molecule has 0 aromatic carbocycles. The Morgan fingerprint density at radius 2 is 1.90 bits per heavy atom. The van der Waals surface area contributed by atoms with Crippen LogP contribution in [0.25, 0.3) is 0 Å². The molecule has 0 aliphatic rings. The lowest BCUT2D eigenvalue weighted by Crippen LogP contribution is -2.29. The first kappa shape index (κ1) is 9.43. The molecule has 0 N–H and O–H groups in total. The van der Waals surface area contributed by atoms with Gasteiger partial charge in [0.15, 0.2) is 0 Å². The number of esters is 1. The average Bonchev–Trinajstić information content (AvgIpc) is 1.99. The number of carbonyl (C=O) groups is 1. The van der Waals surface area contributed by atoms with E-state index >= 15 is 0 Å². The Kier molecular flexibility index (Phi) is 4.94. The van der Waals surface area contributed by atoms with Gasteiger partial charge in [-0.3, -0.25) is 9.69 Å². The Hall–Kier alpha value is -0.570. The summed E-state index contributed by atoms with van der Waals surface area (Å²) in [6, 6.07) is 0. The average molecular weight is 145 g/mol. The molecule has 0 heterocycles. The van der Waals surface area contributed by atoms with E-state index in [4.69, 9.17) is 0 Å². The summed E-state index contributed by atoms with van der Waals surface area (Å²) in [5, 5.41) is 0. The lowest BCUT2D eigenvalue weighted by Gasteiger charge is -2.15. The van der Waals surface area contributed by atoms with Crippen LogP contribution in [-0.4, -0.2) is 37.6 Å². The molecule has 0 saturated heterocycles. The zero-order valence-corrected chi connectivity index (χ0v) is 6.89. The van der Waals surface area contributed by atoms with E-state index in [-0.39, 0.29) is 5.97 Å². The van der Waals surface area contributed by atoms with E-state index in [0.717, 1.165) is 13.1 Å². The van der Waals surface area contributed by atoms with Gasteiger partial charge in [-0.25, -0.2) is 0 Å². The summed E-state index contributed by atoms with van der Waals surface area (Å²) in [5.74, 6) is -0.163. The van der Waals surface area contributed by atoms with Gasteiger partial charge in [-0.05, 0) is 13.1 Å². The summed E-state index contributed by atoms with van der Waals surface area (Å²) >= 11 is 0. The van der Waals surface area contributed by atoms with Crippen LogP contribution < -0.4 is 0 Å². The fraction of sp³-hybridized carbons (Fsp3) is 0.857. The van der Waals surface area contributed by atoms with Crippen LogP contribution in [0.2, 0.25) is 0 Å². The normalized spacial score (nSPS) is 10.0. The molecule has 0 aromatic heterocycles. The van der Waals surface area contributed by atoms with Crippen molar-refractivity contribution in [1.29, 1.82) is 0 Å². The monoisotopic (exact) mass is 145 g/mol. The number of ether oxygens (including phenoxy) is 1. The molecule has 0 atom stereocenters. The Bertz CT molecular complexity index is 99.8. The van der Waals surface area contributed by atoms with Crippen molar-refractivity contribution < 1.29 is 9.53 Å². The van der Waals surface area contributed by atoms with Crippen LogP contribution >= 0.6 is 0 Å². The minimum absolute atomic E-state index is 0.163. The van der Waals surface area contributed by atoms with Gasteiger partial charge in [0, 0.05) is 0 Å². The Morgan fingerprint density at radius 1 is 1.40 bits per heavy atom. The molecule has 0 amide bonds. The van der Waals surface area contributed by atoms with Crippen LogP contribution in [0.1, 0.15) is 13.8 Å². The van der Waals surface area contributed by atoms with Gasteiger partial charge in [0.25, 0.3) is 0 Å². The maximum absolute atomic E-state index is 10.7. The smallest absolute Gasteiger partial charge is 0.319 e. The molecule has 0 unspecified atom stereocenters. The van der Waals surface area contributed by atoms with Crippen molar-refractivity contribution >= 4 is 5.97 Å². The Labute approximate surface area is 62.0 Å². The summed E-state index contributed by atoms with van der Waals surface area (Å²) in [7, 11) is 1.41. The summed E-state index contributed by atoms with van der Waals surface area (Å²) in [4.78, 5) is 12.7. The predicted molar refractivity (Wildman–Crippen MR) is 39.8 cm³/mol. The number of carbonyl (C=O) groups excluding carboxylic acids is 1. The van der Waals surface area contributed by atoms with Gasteiger partial charge in [-0.1, -0.05) is 13.8 Å². The van der Waals surface area contributed by atoms with Crippen molar-refractivity contribution in [3.05, 3.63) is 0 Å². The van der Waals surface area contributed by atoms with Gasteiger partial charge < -0.3 is 4.74 Å². The Morgan fingerprint density at radius 3 is 2.20 bits per heavy atom. The minimum atomic E-state index is -0.163. The van der Waals surface area contributed by atoms with Crippen molar-refractivity contribution in [3.63, 3.8) is 0 Å². The Balaban J connectivity index is 3.52. The third-order valence-corrected chi connectivity index (χ3v) is 1.47. The van der Waals surface area contributed by atoms with E-state index in [0.29, 0.717) is 6.54 Å². The van der Waals surface area contributed by atoms with Crippen molar-refractivity contribution in [2.24, 2.45) is 0 Å². The molecule has 0 bridgehead atoms. The second-order valence-corrected chi connectivity index (χ2v) is 2.04. The standard InChI is InChI=1S/C7H15NO2/c1-4-8(5-2)6-7(9)10-3/h4-6H2,1-3H3. The summed E-state index contributed by atoms with van der Waals surface area (Å²) < 4.78 is 4.50. The molecule has 0 radical (unpaired) electrons. The highest BCUT2D eigenvalue weighted by molar-refractivity contribution is 5.71. The van der Waals surface area contributed by atoms with Crippen molar-refractivity contribution in [3.8, 4) is 0 Å². The molecule has 0 rings (SSSR count). The van der Waals surface area contributed by atoms with E-state index < -0.39 is 0 Å². The number of hydrogen-bond donors (Lipinski definition) is 0. The first-order valence-electron chi connectivity index (χ1n) is 3.53. The zero-order valence-electron chi connectivity index (χ0n) is 6.89. The molecule has 0 fully saturated rings. The van der Waals surface area contributed by atoms with E-state index in [9.17, 15) is 4.79 Å². The highest BCUT2D eigenvalue weighted by atomic mass is 16.5. The van der Waals surface area contributed by atoms with E-state index in [1.165, 1.54) is 7.11 Å². The molecule has 10 heavy (non-hydrogen) atoms. The van der Waals surface area contributed by atoms with E-state index in [1.807, 2.05) is 18.7 Å². The fourth-order valence-corrected chi connectivity index (χ4v) is 0.694. The van der Waals surface area contributed by atoms with Gasteiger partial charge in [0.2, 0.25) is 0 Å². The molecule has 0 aliphatic heterocycles. The molecule has 0 saturated carbocycles. The lowest BCUT2D eigenvalue weighted by molar-refractivity contribution is -0.141. The second-order valence-electron chi connectivity index (χ2n) is 2.04. The van der Waals surface area contributed by atoms with Crippen LogP contribution in [-0.2, 0) is 9.53 Å². The maximum Gasteiger partial charge on any atom is 0.319 e. The molecule has 3 nitrogen and oxygen atoms in total. The first-order chi connectivity index (χ1) is 4.74. The van der Waals surface area contributed by atoms with Gasteiger partial charge in [-0.2, -0.15) is 0 Å². The lowest BCUT2D eigenvalue weighted by atomic mass is 10.5. The summed E-state index contributed by atoms with van der Waals surface area (Å²) in [6.07, 6.45) is 0. The zero-order chi connectivity index (χ0) is 7.98. The van der Waals surface area contributed by atoms with Crippen LogP contribution in [0.5, 0.6) is 0 Å². The fourth-order valence-electron chi connectivity index (χ4n) is 0.694. The predicted octanol–water partition coefficient (Wildman–Crippen LogP) is 0.501. The number of hydrogen-bond acceptors (Lipinski definition) is 3. The molecular weight excluding hydrogens is 130 g/mol. The number of rotatable bonds is 4. The van der Waals surface area contributed by atoms with Crippen molar-refractivity contribution in [2.75, 3.05) is 26.7 Å². The second kappa shape index (κ2) is 5.23. The van der Waals surface area contributed by atoms with Crippen molar-refractivity contribution in [1.82, 2.24) is 4.90 Å².